The van der Waals surface area contributed by atoms with Crippen LogP contribution in [-0.2, 0) is 4.74 Å². The molecule has 0 aliphatic heterocycles. The first kappa shape index (κ1) is 27.9. The van der Waals surface area contributed by atoms with E-state index in [0.29, 0.717) is 11.0 Å². The van der Waals surface area contributed by atoms with Crippen molar-refractivity contribution in [3.05, 3.63) is 41.7 Å². The highest BCUT2D eigenvalue weighted by Crippen LogP contribution is 2.67. The molecule has 4 aliphatic carbocycles. The summed E-state index contributed by atoms with van der Waals surface area (Å²) in [6, 6.07) is 3.60. The van der Waals surface area contributed by atoms with Crippen molar-refractivity contribution in [3.63, 3.8) is 0 Å². The Morgan fingerprint density at radius 2 is 1.89 bits per heavy atom. The highest BCUT2D eigenvalue weighted by atomic mass is 16.5. The summed E-state index contributed by atoms with van der Waals surface area (Å²) >= 11 is 0. The predicted molar refractivity (Wildman–Crippen MR) is 156 cm³/mol. The van der Waals surface area contributed by atoms with Crippen LogP contribution in [0.3, 0.4) is 0 Å². The molecule has 3 heteroatoms. The van der Waals surface area contributed by atoms with Gasteiger partial charge >= 0.3 is 5.97 Å². The zero-order valence-electron chi connectivity index (χ0n) is 25.0. The molecule has 1 heterocycles. The summed E-state index contributed by atoms with van der Waals surface area (Å²) in [6.45, 7) is 15.1. The number of rotatable bonds is 8. The maximum atomic E-state index is 12.7. The molecule has 0 spiro atoms. The Labute approximate surface area is 232 Å². The molecule has 38 heavy (non-hydrogen) atoms. The molecule has 1 aromatic rings. The standard InChI is InChI=1S/C35H53NO2/c1-7-25(19-23(2)3)20-24(4)30-12-13-31-29-11-10-27-21-28(38-33(37)26-9-8-18-36-22-26)14-16-34(27,5)32(29)15-17-35(30,31)6/h8-10,18,22-25,28-32H,7,11-17,19-21H2,1-6H3/t24-,25-,28-,29+,30-,31-,32+,34-,35+/m0/s1. The molecule has 0 bridgehead atoms. The number of carbonyl (C=O) groups excluding carboxylic acids is 1. The van der Waals surface area contributed by atoms with E-state index >= 15 is 0 Å². The SMILES string of the molecule is CC[C@@H](CC(C)C)C[C@H](C)[C@@H]1CC[C@H]2[C@H]3CC=C4C[C@@H](OC(=O)c5cccnc5)CC[C@]4(C)[C@@H]3CC[C@@]21C. The number of fused-ring (bicyclic) bond motifs is 5. The van der Waals surface area contributed by atoms with Gasteiger partial charge < -0.3 is 4.74 Å². The van der Waals surface area contributed by atoms with Gasteiger partial charge in [-0.15, -0.1) is 0 Å². The van der Waals surface area contributed by atoms with E-state index in [4.69, 9.17) is 4.74 Å². The van der Waals surface area contributed by atoms with Crippen molar-refractivity contribution in [1.29, 1.82) is 0 Å². The molecule has 4 aliphatic rings. The monoisotopic (exact) mass is 519 g/mol. The van der Waals surface area contributed by atoms with Gasteiger partial charge in [-0.05, 0) is 122 Å². The van der Waals surface area contributed by atoms with Crippen LogP contribution in [0.1, 0.15) is 123 Å². The third-order valence-corrected chi connectivity index (χ3v) is 12.1. The van der Waals surface area contributed by atoms with Crippen LogP contribution in [0.15, 0.2) is 36.2 Å². The lowest BCUT2D eigenvalue weighted by Gasteiger charge is -2.58. The minimum absolute atomic E-state index is 0.00139. The Kier molecular flexibility index (Phi) is 8.14. The van der Waals surface area contributed by atoms with E-state index in [1.807, 2.05) is 0 Å². The number of hydrogen-bond donors (Lipinski definition) is 0. The third kappa shape index (κ3) is 5.13. The number of pyridine rings is 1. The van der Waals surface area contributed by atoms with E-state index in [1.165, 1.54) is 51.4 Å². The first-order valence-electron chi connectivity index (χ1n) is 16.0. The number of nitrogens with zero attached hydrogens (tertiary/aromatic N) is 1. The maximum absolute atomic E-state index is 12.7. The van der Waals surface area contributed by atoms with Crippen molar-refractivity contribution in [2.24, 2.45) is 52.3 Å². The Morgan fingerprint density at radius 1 is 1.08 bits per heavy atom. The molecule has 3 fully saturated rings. The quantitative estimate of drug-likeness (QED) is 0.254. The molecule has 0 N–H and O–H groups in total. The Bertz CT molecular complexity index is 1000. The minimum atomic E-state index is -0.223. The maximum Gasteiger partial charge on any atom is 0.339 e. The van der Waals surface area contributed by atoms with Crippen LogP contribution in [0.2, 0.25) is 0 Å². The van der Waals surface area contributed by atoms with Crippen molar-refractivity contribution in [2.75, 3.05) is 0 Å². The van der Waals surface area contributed by atoms with E-state index < -0.39 is 0 Å². The van der Waals surface area contributed by atoms with Gasteiger partial charge in [-0.25, -0.2) is 4.79 Å². The zero-order valence-corrected chi connectivity index (χ0v) is 25.0. The van der Waals surface area contributed by atoms with E-state index in [9.17, 15) is 4.79 Å². The lowest BCUT2D eigenvalue weighted by Crippen LogP contribution is -2.51. The van der Waals surface area contributed by atoms with Gasteiger partial charge in [0.25, 0.3) is 0 Å². The van der Waals surface area contributed by atoms with Crippen LogP contribution >= 0.6 is 0 Å². The summed E-state index contributed by atoms with van der Waals surface area (Å²) in [5.41, 5.74) is 2.95. The fourth-order valence-corrected chi connectivity index (χ4v) is 10.2. The molecular weight excluding hydrogens is 466 g/mol. The van der Waals surface area contributed by atoms with Gasteiger partial charge in [0.05, 0.1) is 5.56 Å². The summed E-state index contributed by atoms with van der Waals surface area (Å²) < 4.78 is 5.98. The van der Waals surface area contributed by atoms with E-state index in [0.717, 1.165) is 60.7 Å². The average Bonchev–Trinajstić information content (AvgIpc) is 3.26. The number of aromatic nitrogens is 1. The fourth-order valence-electron chi connectivity index (χ4n) is 10.2. The Hall–Kier alpha value is -1.64. The first-order valence-corrected chi connectivity index (χ1v) is 16.0. The molecule has 210 valence electrons. The van der Waals surface area contributed by atoms with Gasteiger partial charge in [0.1, 0.15) is 6.10 Å². The number of hydrogen-bond acceptors (Lipinski definition) is 3. The van der Waals surface area contributed by atoms with E-state index in [1.54, 1.807) is 30.1 Å². The summed E-state index contributed by atoms with van der Waals surface area (Å²) in [5.74, 6) is 5.75. The molecular formula is C35H53NO2. The number of ether oxygens (including phenoxy) is 1. The van der Waals surface area contributed by atoms with Crippen LogP contribution < -0.4 is 0 Å². The normalized spacial score (nSPS) is 38.0. The smallest absolute Gasteiger partial charge is 0.339 e. The molecule has 0 amide bonds. The van der Waals surface area contributed by atoms with Gasteiger partial charge in [-0.2, -0.15) is 0 Å². The Morgan fingerprint density at radius 3 is 2.61 bits per heavy atom. The molecule has 5 rings (SSSR count). The van der Waals surface area contributed by atoms with Crippen LogP contribution in [0.5, 0.6) is 0 Å². The van der Waals surface area contributed by atoms with Crippen LogP contribution in [0.4, 0.5) is 0 Å². The van der Waals surface area contributed by atoms with Gasteiger partial charge in [-0.1, -0.05) is 59.6 Å². The zero-order chi connectivity index (χ0) is 27.1. The summed E-state index contributed by atoms with van der Waals surface area (Å²) in [6.07, 6.45) is 20.1. The summed E-state index contributed by atoms with van der Waals surface area (Å²) in [4.78, 5) is 16.8. The second-order valence-electron chi connectivity index (χ2n) is 14.6. The van der Waals surface area contributed by atoms with Gasteiger partial charge in [0, 0.05) is 18.8 Å². The molecule has 1 aromatic heterocycles. The molecule has 9 atom stereocenters. The van der Waals surface area contributed by atoms with Gasteiger partial charge in [0.15, 0.2) is 0 Å². The number of esters is 1. The molecule has 0 radical (unpaired) electrons. The highest BCUT2D eigenvalue weighted by molar-refractivity contribution is 5.89. The number of carbonyl (C=O) groups is 1. The molecule has 3 nitrogen and oxygen atoms in total. The highest BCUT2D eigenvalue weighted by Gasteiger charge is 2.59. The molecule has 0 aromatic carbocycles. The third-order valence-electron chi connectivity index (χ3n) is 12.1. The molecule has 3 saturated carbocycles. The predicted octanol–water partition coefficient (Wildman–Crippen LogP) is 9.28. The fraction of sp³-hybridized carbons (Fsp3) is 0.771. The van der Waals surface area contributed by atoms with Gasteiger partial charge in [-0.3, -0.25) is 4.98 Å². The first-order chi connectivity index (χ1) is 18.2. The minimum Gasteiger partial charge on any atom is -0.458 e. The van der Waals surface area contributed by atoms with Gasteiger partial charge in [0.2, 0.25) is 0 Å². The second kappa shape index (κ2) is 11.1. The van der Waals surface area contributed by atoms with Crippen molar-refractivity contribution < 1.29 is 9.53 Å². The van der Waals surface area contributed by atoms with Crippen LogP contribution in [0.25, 0.3) is 0 Å². The van der Waals surface area contributed by atoms with Crippen molar-refractivity contribution in [1.82, 2.24) is 4.98 Å². The number of allylic oxidation sites excluding steroid dienone is 1. The van der Waals surface area contributed by atoms with Crippen molar-refractivity contribution in [2.45, 2.75) is 118 Å². The molecule has 0 unspecified atom stereocenters. The lowest BCUT2D eigenvalue weighted by molar-refractivity contribution is -0.0602. The van der Waals surface area contributed by atoms with E-state index in [2.05, 4.69) is 52.6 Å². The summed E-state index contributed by atoms with van der Waals surface area (Å²) in [5, 5.41) is 0. The second-order valence-corrected chi connectivity index (χ2v) is 14.6. The lowest BCUT2D eigenvalue weighted by atomic mass is 9.47. The van der Waals surface area contributed by atoms with Crippen molar-refractivity contribution in [3.8, 4) is 0 Å². The summed E-state index contributed by atoms with van der Waals surface area (Å²) in [7, 11) is 0. The largest absolute Gasteiger partial charge is 0.458 e. The van der Waals surface area contributed by atoms with Crippen LogP contribution in [-0.4, -0.2) is 17.1 Å². The molecule has 0 saturated heterocycles. The van der Waals surface area contributed by atoms with Crippen molar-refractivity contribution >= 4 is 5.97 Å². The topological polar surface area (TPSA) is 39.2 Å². The van der Waals surface area contributed by atoms with E-state index in [-0.39, 0.29) is 17.5 Å². The average molecular weight is 520 g/mol. The Balaban J connectivity index is 1.26. The van der Waals surface area contributed by atoms with Crippen LogP contribution in [0, 0.1) is 52.3 Å².